The lowest BCUT2D eigenvalue weighted by atomic mass is 9.85. The second-order valence-electron chi connectivity index (χ2n) is 7.00. The summed E-state index contributed by atoms with van der Waals surface area (Å²) >= 11 is 8.35. The van der Waals surface area contributed by atoms with Crippen LogP contribution in [0.4, 0.5) is 4.79 Å². The van der Waals surface area contributed by atoms with Crippen molar-refractivity contribution in [2.75, 3.05) is 0 Å². The lowest BCUT2D eigenvalue weighted by molar-refractivity contribution is 0.0372. The second kappa shape index (κ2) is 8.90. The van der Waals surface area contributed by atoms with E-state index < -0.39 is 12.2 Å². The van der Waals surface area contributed by atoms with Crippen molar-refractivity contribution in [3.8, 4) is 5.75 Å². The maximum absolute atomic E-state index is 11.2. The molecule has 0 saturated heterocycles. The summed E-state index contributed by atoms with van der Waals surface area (Å²) in [5.41, 5.74) is 6.87. The molecule has 7 heteroatoms. The quantitative estimate of drug-likeness (QED) is 0.460. The number of benzene rings is 1. The largest absolute Gasteiger partial charge is 0.486 e. The van der Waals surface area contributed by atoms with Crippen LogP contribution in [0.1, 0.15) is 31.9 Å². The zero-order chi connectivity index (χ0) is 19.3. The first-order valence-electron chi connectivity index (χ1n) is 8.14. The van der Waals surface area contributed by atoms with E-state index in [0.717, 1.165) is 14.8 Å². The van der Waals surface area contributed by atoms with Gasteiger partial charge in [0.1, 0.15) is 16.4 Å². The van der Waals surface area contributed by atoms with E-state index in [1.54, 1.807) is 0 Å². The summed E-state index contributed by atoms with van der Waals surface area (Å²) in [4.78, 5) is 15.6. The van der Waals surface area contributed by atoms with E-state index >= 15 is 0 Å². The van der Waals surface area contributed by atoms with Gasteiger partial charge in [0.15, 0.2) is 10.9 Å². The Morgan fingerprint density at radius 1 is 1.31 bits per heavy atom. The number of hydrogen-bond donors (Lipinski definition) is 1. The van der Waals surface area contributed by atoms with E-state index in [0.29, 0.717) is 23.9 Å². The van der Waals surface area contributed by atoms with Gasteiger partial charge in [-0.3, -0.25) is 0 Å². The van der Waals surface area contributed by atoms with Crippen molar-refractivity contribution in [3.05, 3.63) is 56.4 Å². The number of nitrogens with two attached hydrogens (primary N) is 1. The smallest absolute Gasteiger partial charge is 0.404 e. The third-order valence-corrected chi connectivity index (χ3v) is 5.04. The number of hydrogen-bond acceptors (Lipinski definition) is 4. The van der Waals surface area contributed by atoms with Gasteiger partial charge < -0.3 is 15.2 Å². The van der Waals surface area contributed by atoms with Gasteiger partial charge in [0.25, 0.3) is 0 Å². The highest BCUT2D eigenvalue weighted by molar-refractivity contribution is 14.1. The van der Waals surface area contributed by atoms with Crippen molar-refractivity contribution in [2.45, 2.75) is 39.9 Å². The predicted octanol–water partition coefficient (Wildman–Crippen LogP) is 4.97. The molecule has 0 unspecified atom stereocenters. The van der Waals surface area contributed by atoms with E-state index in [1.807, 2.05) is 57.2 Å². The minimum atomic E-state index is -0.789. The summed E-state index contributed by atoms with van der Waals surface area (Å²) in [5.74, 6) is 0.498. The number of carbonyl (C=O) groups is 1. The third kappa shape index (κ3) is 6.02. The molecule has 2 N–H and O–H groups in total. The molecule has 1 atom stereocenters. The van der Waals surface area contributed by atoms with E-state index in [1.165, 1.54) is 0 Å². The van der Waals surface area contributed by atoms with Crippen molar-refractivity contribution in [2.24, 2.45) is 11.1 Å². The summed E-state index contributed by atoms with van der Waals surface area (Å²) in [6.45, 7) is 6.36. The van der Waals surface area contributed by atoms with Crippen LogP contribution in [0.2, 0.25) is 5.15 Å². The van der Waals surface area contributed by atoms with E-state index in [4.69, 9.17) is 26.8 Å². The van der Waals surface area contributed by atoms with Crippen LogP contribution < -0.4 is 10.5 Å². The van der Waals surface area contributed by atoms with Crippen LogP contribution >= 0.6 is 34.2 Å². The minimum Gasteiger partial charge on any atom is -0.486 e. The first-order valence-corrected chi connectivity index (χ1v) is 9.60. The number of ether oxygens (including phenoxy) is 2. The standard InChI is InChI=1S/C19H22ClIN2O3/c1-19(2,3)15(26-18(22)24)10-13-9-14(16(20)23-17(13)21)25-11-12-7-5-4-6-8-12/h4-9,15H,10-11H2,1-3H3,(H2,22,24)/t15-/m0/s1. The SMILES string of the molecule is CC(C)(C)[C@H](Cc1cc(OCc2ccccc2)c(Cl)nc1I)OC(N)=O. The normalized spacial score (nSPS) is 12.5. The van der Waals surface area contributed by atoms with Gasteiger partial charge in [-0.25, -0.2) is 9.78 Å². The summed E-state index contributed by atoms with van der Waals surface area (Å²) in [6, 6.07) is 11.7. The molecule has 0 spiro atoms. The van der Waals surface area contributed by atoms with Gasteiger partial charge in [-0.05, 0) is 45.2 Å². The molecule has 0 bridgehead atoms. The molecule has 5 nitrogen and oxygen atoms in total. The molecule has 140 valence electrons. The van der Waals surface area contributed by atoms with E-state index in [2.05, 4.69) is 27.6 Å². The van der Waals surface area contributed by atoms with Gasteiger partial charge in [0, 0.05) is 6.42 Å². The maximum Gasteiger partial charge on any atom is 0.404 e. The van der Waals surface area contributed by atoms with E-state index in [-0.39, 0.29) is 5.41 Å². The monoisotopic (exact) mass is 488 g/mol. The summed E-state index contributed by atoms with van der Waals surface area (Å²) in [7, 11) is 0. The summed E-state index contributed by atoms with van der Waals surface area (Å²) in [6.07, 6.45) is -0.711. The number of rotatable bonds is 6. The Kier molecular flexibility index (Phi) is 7.11. The molecule has 0 aliphatic rings. The van der Waals surface area contributed by atoms with Crippen molar-refractivity contribution in [1.29, 1.82) is 0 Å². The van der Waals surface area contributed by atoms with Crippen LogP contribution in [0.3, 0.4) is 0 Å². The van der Waals surface area contributed by atoms with E-state index in [9.17, 15) is 4.79 Å². The Hall–Kier alpha value is -1.54. The number of primary amides is 1. The van der Waals surface area contributed by atoms with Crippen molar-refractivity contribution >= 4 is 40.3 Å². The van der Waals surface area contributed by atoms with Crippen LogP contribution in [-0.2, 0) is 17.8 Å². The number of carbonyl (C=O) groups excluding carboxylic acids is 1. The maximum atomic E-state index is 11.2. The Balaban J connectivity index is 2.21. The zero-order valence-corrected chi connectivity index (χ0v) is 17.9. The molecule has 1 heterocycles. The number of amides is 1. The van der Waals surface area contributed by atoms with Gasteiger partial charge in [0.05, 0.1) is 0 Å². The molecule has 26 heavy (non-hydrogen) atoms. The molecule has 1 aromatic carbocycles. The molecule has 1 aromatic heterocycles. The molecule has 0 saturated carbocycles. The highest BCUT2D eigenvalue weighted by atomic mass is 127. The molecule has 1 amide bonds. The fraction of sp³-hybridized carbons (Fsp3) is 0.368. The molecule has 0 aliphatic heterocycles. The Labute approximate surface area is 172 Å². The first kappa shape index (κ1) is 20.8. The second-order valence-corrected chi connectivity index (χ2v) is 8.38. The molecular formula is C19H22ClIN2O3. The molecule has 2 rings (SSSR count). The van der Waals surface area contributed by atoms with Crippen LogP contribution in [-0.4, -0.2) is 17.2 Å². The minimum absolute atomic E-state index is 0.275. The van der Waals surface area contributed by atoms with Crippen LogP contribution in [0, 0.1) is 9.12 Å². The highest BCUT2D eigenvalue weighted by Crippen LogP contribution is 2.31. The Bertz CT molecular complexity index is 763. The highest BCUT2D eigenvalue weighted by Gasteiger charge is 2.29. The Morgan fingerprint density at radius 3 is 2.54 bits per heavy atom. The number of halogens is 2. The molecule has 0 aliphatic carbocycles. The number of nitrogens with zero attached hydrogens (tertiary/aromatic N) is 1. The molecule has 0 fully saturated rings. The van der Waals surface area contributed by atoms with Gasteiger partial charge in [-0.1, -0.05) is 62.7 Å². The lowest BCUT2D eigenvalue weighted by Crippen LogP contribution is -2.35. The number of pyridine rings is 1. The van der Waals surface area contributed by atoms with Crippen molar-refractivity contribution in [1.82, 2.24) is 4.98 Å². The first-order chi connectivity index (χ1) is 12.2. The fourth-order valence-corrected chi connectivity index (χ4v) is 3.29. The molecule has 2 aromatic rings. The third-order valence-electron chi connectivity index (χ3n) is 3.84. The Morgan fingerprint density at radius 2 is 1.96 bits per heavy atom. The predicted molar refractivity (Wildman–Crippen MR) is 110 cm³/mol. The van der Waals surface area contributed by atoms with Gasteiger partial charge >= 0.3 is 6.09 Å². The van der Waals surface area contributed by atoms with Gasteiger partial charge in [0.2, 0.25) is 0 Å². The fourth-order valence-electron chi connectivity index (χ4n) is 2.33. The summed E-state index contributed by atoms with van der Waals surface area (Å²) in [5, 5.41) is 0.303. The van der Waals surface area contributed by atoms with Crippen molar-refractivity contribution in [3.63, 3.8) is 0 Å². The average molecular weight is 489 g/mol. The van der Waals surface area contributed by atoms with Crippen molar-refractivity contribution < 1.29 is 14.3 Å². The topological polar surface area (TPSA) is 74.4 Å². The van der Waals surface area contributed by atoms with Gasteiger partial charge in [-0.2, -0.15) is 0 Å². The zero-order valence-electron chi connectivity index (χ0n) is 15.0. The van der Waals surface area contributed by atoms with Crippen LogP contribution in [0.25, 0.3) is 0 Å². The van der Waals surface area contributed by atoms with Crippen LogP contribution in [0.15, 0.2) is 36.4 Å². The average Bonchev–Trinajstić information content (AvgIpc) is 2.55. The molecule has 0 radical (unpaired) electrons. The lowest BCUT2D eigenvalue weighted by Gasteiger charge is -2.30. The molecular weight excluding hydrogens is 467 g/mol. The summed E-state index contributed by atoms with van der Waals surface area (Å²) < 4.78 is 11.9. The van der Waals surface area contributed by atoms with Crippen LogP contribution in [0.5, 0.6) is 5.75 Å². The van der Waals surface area contributed by atoms with Gasteiger partial charge in [-0.15, -0.1) is 0 Å². The number of aromatic nitrogens is 1.